The summed E-state index contributed by atoms with van der Waals surface area (Å²) in [6, 6.07) is 16.4. The van der Waals surface area contributed by atoms with Gasteiger partial charge in [-0.15, -0.1) is 5.10 Å². The average molecular weight is 1180 g/mol. The van der Waals surface area contributed by atoms with Gasteiger partial charge in [0.25, 0.3) is 11.8 Å². The van der Waals surface area contributed by atoms with Gasteiger partial charge < -0.3 is 30.3 Å². The number of carbonyl (C=O) groups is 5. The molecule has 7 heterocycles. The van der Waals surface area contributed by atoms with E-state index >= 15 is 0 Å². The molecule has 5 amide bonds. The van der Waals surface area contributed by atoms with E-state index in [4.69, 9.17) is 14.8 Å². The molecule has 2 aromatic carbocycles. The summed E-state index contributed by atoms with van der Waals surface area (Å²) in [7, 11) is -0.880. The standard InChI is InChI=1S/C60H73N13O9S2/c1-36-44(32-63-73(36)33-37-15-9-7-10-16-37)41-22-24-49(71-27-25-39-17-13-18-42(45(39)35-71)53(76)67-59-64-46-19-14-26-61-57(46)83-59)65-51(41)55(78)69-84(80,81)28-12-8-11-20-50(75)66-52(60(2,3)4)58(79)72-34-40(74)30-48(72)54(77)62-31-38-21-23-47-43(29-38)56(82-6)68-70(47)5/h13-14,17-19,21-24,26,29,32,37,40,48,52,74H,7-12,15-16,20,25,27-28,30-31,33-35H2,1-6H3,(H,62,77)(H,66,75)(H,69,78)(H,64,67,76)/t40-,48+,52-/m1/s1. The predicted molar refractivity (Wildman–Crippen MR) is 320 cm³/mol. The number of β-amino-alcohol motifs (C(OH)–C–C–N with tert-alkyl or cyclic N) is 1. The van der Waals surface area contributed by atoms with Gasteiger partial charge in [0.05, 0.1) is 36.1 Å². The number of nitrogens with one attached hydrogen (secondary N) is 4. The number of amides is 5. The van der Waals surface area contributed by atoms with Gasteiger partial charge in [-0.3, -0.25) is 38.7 Å². The van der Waals surface area contributed by atoms with E-state index in [1.54, 1.807) is 56.0 Å². The predicted octanol–water partition coefficient (Wildman–Crippen LogP) is 6.98. The summed E-state index contributed by atoms with van der Waals surface area (Å²) < 4.78 is 38.9. The summed E-state index contributed by atoms with van der Waals surface area (Å²) in [4.78, 5) is 87.6. The topological polar surface area (TPSA) is 278 Å². The molecule has 24 heteroatoms. The van der Waals surface area contributed by atoms with Crippen LogP contribution < -0.4 is 30.3 Å². The zero-order chi connectivity index (χ0) is 59.5. The molecule has 444 valence electrons. The molecule has 2 fully saturated rings. The Hall–Kier alpha value is -7.83. The number of pyridine rings is 2. The summed E-state index contributed by atoms with van der Waals surface area (Å²) in [6.07, 6.45) is 9.54. The molecule has 5 aromatic heterocycles. The lowest BCUT2D eigenvalue weighted by atomic mass is 9.85. The van der Waals surface area contributed by atoms with E-state index < -0.39 is 63.0 Å². The molecule has 7 aromatic rings. The van der Waals surface area contributed by atoms with Crippen molar-refractivity contribution in [2.75, 3.05) is 36.2 Å². The lowest BCUT2D eigenvalue weighted by Gasteiger charge is -2.35. The number of fused-ring (bicyclic) bond motifs is 3. The van der Waals surface area contributed by atoms with Crippen LogP contribution in [0, 0.1) is 18.3 Å². The summed E-state index contributed by atoms with van der Waals surface area (Å²) in [5, 5.41) is 29.8. The Kier molecular flexibility index (Phi) is 17.8. The highest BCUT2D eigenvalue weighted by Crippen LogP contribution is 2.34. The Morgan fingerprint density at radius 1 is 0.940 bits per heavy atom. The number of ether oxygens (including phenoxy) is 1. The van der Waals surface area contributed by atoms with Crippen LogP contribution in [0.15, 0.2) is 73.1 Å². The first-order chi connectivity index (χ1) is 40.2. The first kappa shape index (κ1) is 59.3. The van der Waals surface area contributed by atoms with E-state index in [1.807, 2.05) is 66.0 Å². The molecule has 0 spiro atoms. The fourth-order valence-electron chi connectivity index (χ4n) is 11.7. The van der Waals surface area contributed by atoms with Gasteiger partial charge in [-0.1, -0.05) is 76.0 Å². The number of aliphatic hydroxyl groups is 1. The molecule has 0 unspecified atom stereocenters. The largest absolute Gasteiger partial charge is 0.479 e. The molecule has 3 aliphatic rings. The lowest BCUT2D eigenvalue weighted by molar-refractivity contribution is -0.144. The van der Waals surface area contributed by atoms with Crippen LogP contribution in [0.3, 0.4) is 0 Å². The molecule has 5 N–H and O–H groups in total. The number of likely N-dealkylation sites (tertiary alicyclic amines) is 1. The quantitative estimate of drug-likeness (QED) is 0.0482. The van der Waals surface area contributed by atoms with Crippen molar-refractivity contribution in [2.24, 2.45) is 18.4 Å². The number of aryl methyl sites for hydroxylation is 1. The van der Waals surface area contributed by atoms with Crippen molar-refractivity contribution in [3.8, 4) is 17.0 Å². The maximum atomic E-state index is 14.5. The number of benzene rings is 2. The molecule has 10 rings (SSSR count). The number of unbranched alkanes of at least 4 members (excludes halogenated alkanes) is 2. The highest BCUT2D eigenvalue weighted by molar-refractivity contribution is 7.90. The van der Waals surface area contributed by atoms with Gasteiger partial charge in [0, 0.05) is 81.2 Å². The van der Waals surface area contributed by atoms with Crippen LogP contribution in [0.25, 0.3) is 32.4 Å². The Morgan fingerprint density at radius 3 is 2.52 bits per heavy atom. The van der Waals surface area contributed by atoms with Crippen LogP contribution in [0.5, 0.6) is 5.88 Å². The van der Waals surface area contributed by atoms with Crippen LogP contribution in [0.4, 0.5) is 10.9 Å². The van der Waals surface area contributed by atoms with Gasteiger partial charge in [0.2, 0.25) is 33.6 Å². The van der Waals surface area contributed by atoms with Crippen molar-refractivity contribution in [3.05, 3.63) is 107 Å². The molecule has 84 heavy (non-hydrogen) atoms. The van der Waals surface area contributed by atoms with E-state index in [0.29, 0.717) is 75.7 Å². The van der Waals surface area contributed by atoms with Crippen LogP contribution in [0.1, 0.15) is 128 Å². The molecule has 0 radical (unpaired) electrons. The maximum absolute atomic E-state index is 14.5. The van der Waals surface area contributed by atoms with Crippen LogP contribution in [-0.4, -0.2) is 127 Å². The van der Waals surface area contributed by atoms with Crippen LogP contribution >= 0.6 is 11.3 Å². The molecule has 0 bridgehead atoms. The molecule has 22 nitrogen and oxygen atoms in total. The molecule has 2 aliphatic heterocycles. The molecule has 1 saturated heterocycles. The van der Waals surface area contributed by atoms with Gasteiger partial charge in [0.15, 0.2) is 5.13 Å². The molecular formula is C60H73N13O9S2. The van der Waals surface area contributed by atoms with Crippen molar-refractivity contribution in [2.45, 2.75) is 136 Å². The normalized spacial score (nSPS) is 17.0. The smallest absolute Gasteiger partial charge is 0.284 e. The number of thiazole rings is 1. The number of carbonyl (C=O) groups excluding carboxylic acids is 5. The van der Waals surface area contributed by atoms with Crippen molar-refractivity contribution in [1.29, 1.82) is 0 Å². The van der Waals surface area contributed by atoms with E-state index in [9.17, 15) is 37.5 Å². The fourth-order valence-corrected chi connectivity index (χ4v) is 13.6. The second-order valence-corrected chi connectivity index (χ2v) is 26.2. The van der Waals surface area contributed by atoms with Crippen molar-refractivity contribution in [3.63, 3.8) is 0 Å². The molecule has 1 saturated carbocycles. The monoisotopic (exact) mass is 1180 g/mol. The second kappa shape index (κ2) is 25.2. The molecular weight excluding hydrogens is 1110 g/mol. The van der Waals surface area contributed by atoms with Crippen molar-refractivity contribution < 1.29 is 42.2 Å². The Balaban J connectivity index is 0.774. The fraction of sp³-hybridized carbons (Fsp3) is 0.467. The summed E-state index contributed by atoms with van der Waals surface area (Å²) in [5.74, 6) is -1.65. The zero-order valence-electron chi connectivity index (χ0n) is 48.3. The first-order valence-electron chi connectivity index (χ1n) is 28.8. The Bertz CT molecular complexity index is 3700. The number of aromatic nitrogens is 7. The van der Waals surface area contributed by atoms with Gasteiger partial charge in [-0.25, -0.2) is 28.1 Å². The first-order valence-corrected chi connectivity index (χ1v) is 31.2. The van der Waals surface area contributed by atoms with E-state index in [0.717, 1.165) is 52.7 Å². The highest BCUT2D eigenvalue weighted by atomic mass is 32.2. The summed E-state index contributed by atoms with van der Waals surface area (Å²) >= 11 is 1.29. The zero-order valence-corrected chi connectivity index (χ0v) is 49.9. The van der Waals surface area contributed by atoms with Gasteiger partial charge in [-0.2, -0.15) is 5.10 Å². The second-order valence-electron chi connectivity index (χ2n) is 23.3. The number of sulfonamides is 1. The average Bonchev–Trinajstić information content (AvgIpc) is 3.39. The number of hydrogen-bond acceptors (Lipinski definition) is 16. The summed E-state index contributed by atoms with van der Waals surface area (Å²) in [6.45, 7) is 8.96. The van der Waals surface area contributed by atoms with Gasteiger partial charge >= 0.3 is 0 Å². The van der Waals surface area contributed by atoms with Gasteiger partial charge in [-0.05, 0) is 110 Å². The third-order valence-corrected chi connectivity index (χ3v) is 18.5. The van der Waals surface area contributed by atoms with E-state index in [1.165, 1.54) is 42.6 Å². The third kappa shape index (κ3) is 13.4. The number of hydrogen-bond donors (Lipinski definition) is 5. The number of methoxy groups -OCH3 is 1. The lowest BCUT2D eigenvalue weighted by Crippen LogP contribution is -2.57. The number of aliphatic hydroxyl groups excluding tert-OH is 1. The minimum absolute atomic E-state index is 0.0211. The maximum Gasteiger partial charge on any atom is 0.284 e. The van der Waals surface area contributed by atoms with Crippen molar-refractivity contribution in [1.82, 2.24) is 54.8 Å². The van der Waals surface area contributed by atoms with E-state index in [2.05, 4.69) is 35.7 Å². The highest BCUT2D eigenvalue weighted by Gasteiger charge is 2.44. The minimum atomic E-state index is -4.23. The summed E-state index contributed by atoms with van der Waals surface area (Å²) in [5.41, 5.74) is 5.64. The third-order valence-electron chi connectivity index (χ3n) is 16.3. The Morgan fingerprint density at radius 2 is 1.75 bits per heavy atom. The number of rotatable bonds is 20. The molecule has 1 aliphatic carbocycles. The van der Waals surface area contributed by atoms with E-state index in [-0.39, 0.29) is 50.4 Å². The Labute approximate surface area is 492 Å². The number of nitrogens with zero attached hydrogens (tertiary/aromatic N) is 9. The molecule has 3 atom stereocenters. The van der Waals surface area contributed by atoms with Crippen molar-refractivity contribution >= 4 is 83.1 Å². The number of anilines is 2. The van der Waals surface area contributed by atoms with Crippen LogP contribution in [0.2, 0.25) is 0 Å². The van der Waals surface area contributed by atoms with Gasteiger partial charge in [0.1, 0.15) is 33.9 Å². The SMILES string of the molecule is COc1nn(C)c2ccc(CNC(=O)[C@@H]3C[C@@H](O)CN3C(=O)[C@@H](NC(=O)CCCCCS(=O)(=O)NC(=O)c3nc(N4CCc5cccc(C(=O)Nc6nc7cccnc7s6)c5C4)ccc3-c3cnn(CC4CCCCC4)c3C)C(C)(C)C)cc12. The minimum Gasteiger partial charge on any atom is -0.479 e. The van der Waals surface area contributed by atoms with Crippen LogP contribution in [-0.2, 0) is 57.5 Å².